The molecule has 2 N–H and O–H groups in total. The number of rotatable bonds is 5. The van der Waals surface area contributed by atoms with E-state index in [0.717, 1.165) is 17.0 Å². The molecule has 0 aliphatic carbocycles. The smallest absolute Gasteiger partial charge is 0.252 e. The van der Waals surface area contributed by atoms with Gasteiger partial charge < -0.3 is 15.0 Å². The van der Waals surface area contributed by atoms with E-state index in [9.17, 15) is 4.79 Å². The Labute approximate surface area is 122 Å². The SMILES string of the molecule is COCCn1c(C)c(C(N)=O)c(Cl)c1-c1cccnc1. The summed E-state index contributed by atoms with van der Waals surface area (Å²) in [6, 6.07) is 3.71. The lowest BCUT2D eigenvalue weighted by molar-refractivity contribution is 0.0999. The minimum atomic E-state index is -0.534. The fraction of sp³-hybridized carbons (Fsp3) is 0.286. The first-order valence-corrected chi connectivity index (χ1v) is 6.53. The third-order valence-corrected chi connectivity index (χ3v) is 3.53. The Hall–Kier alpha value is -1.85. The molecule has 20 heavy (non-hydrogen) atoms. The summed E-state index contributed by atoms with van der Waals surface area (Å²) < 4.78 is 7.04. The van der Waals surface area contributed by atoms with Crippen LogP contribution in [0.4, 0.5) is 0 Å². The lowest BCUT2D eigenvalue weighted by Crippen LogP contribution is -2.13. The molecule has 0 bridgehead atoms. The second-order valence-corrected chi connectivity index (χ2v) is 4.75. The number of nitrogens with two attached hydrogens (primary N) is 1. The molecule has 0 unspecified atom stereocenters. The maximum absolute atomic E-state index is 11.6. The molecule has 0 saturated heterocycles. The lowest BCUT2D eigenvalue weighted by atomic mass is 10.2. The van der Waals surface area contributed by atoms with Crippen LogP contribution in [-0.4, -0.2) is 29.2 Å². The molecule has 0 saturated carbocycles. The average Bonchev–Trinajstić information content (AvgIpc) is 2.68. The average molecular weight is 294 g/mol. The number of methoxy groups -OCH3 is 1. The molecule has 6 heteroatoms. The van der Waals surface area contributed by atoms with E-state index >= 15 is 0 Å². The third-order valence-electron chi connectivity index (χ3n) is 3.16. The number of ether oxygens (including phenoxy) is 1. The lowest BCUT2D eigenvalue weighted by Gasteiger charge is -2.11. The number of halogens is 1. The van der Waals surface area contributed by atoms with Crippen molar-refractivity contribution in [2.75, 3.05) is 13.7 Å². The number of pyridine rings is 1. The monoisotopic (exact) mass is 293 g/mol. The first kappa shape index (κ1) is 14.6. The quantitative estimate of drug-likeness (QED) is 0.919. The van der Waals surface area contributed by atoms with Gasteiger partial charge in [-0.05, 0) is 19.1 Å². The Morgan fingerprint density at radius 1 is 1.55 bits per heavy atom. The van der Waals surface area contributed by atoms with Gasteiger partial charge >= 0.3 is 0 Å². The highest BCUT2D eigenvalue weighted by Gasteiger charge is 2.23. The second-order valence-electron chi connectivity index (χ2n) is 4.37. The molecule has 0 spiro atoms. The molecule has 0 radical (unpaired) electrons. The van der Waals surface area contributed by atoms with Gasteiger partial charge in [-0.2, -0.15) is 0 Å². The van der Waals surface area contributed by atoms with Gasteiger partial charge in [-0.1, -0.05) is 11.6 Å². The third kappa shape index (κ3) is 2.55. The van der Waals surface area contributed by atoms with Crippen molar-refractivity contribution in [3.63, 3.8) is 0 Å². The maximum atomic E-state index is 11.6. The van der Waals surface area contributed by atoms with E-state index in [1.807, 2.05) is 23.6 Å². The number of hydrogen-bond donors (Lipinski definition) is 1. The highest BCUT2D eigenvalue weighted by atomic mass is 35.5. The van der Waals surface area contributed by atoms with Gasteiger partial charge in [0.2, 0.25) is 0 Å². The summed E-state index contributed by atoms with van der Waals surface area (Å²) >= 11 is 6.35. The Bertz CT molecular complexity index is 623. The Morgan fingerprint density at radius 2 is 2.30 bits per heavy atom. The first-order valence-electron chi connectivity index (χ1n) is 6.15. The minimum Gasteiger partial charge on any atom is -0.383 e. The van der Waals surface area contributed by atoms with Crippen molar-refractivity contribution < 1.29 is 9.53 Å². The molecule has 106 valence electrons. The molecule has 0 aliphatic rings. The van der Waals surface area contributed by atoms with Gasteiger partial charge in [-0.15, -0.1) is 0 Å². The van der Waals surface area contributed by atoms with Crippen LogP contribution in [0.3, 0.4) is 0 Å². The second kappa shape index (κ2) is 6.07. The van der Waals surface area contributed by atoms with E-state index in [-0.39, 0.29) is 0 Å². The number of aromatic nitrogens is 2. The summed E-state index contributed by atoms with van der Waals surface area (Å²) in [5, 5.41) is 0.360. The van der Waals surface area contributed by atoms with E-state index < -0.39 is 5.91 Å². The molecule has 2 heterocycles. The van der Waals surface area contributed by atoms with Crippen LogP contribution < -0.4 is 5.73 Å². The van der Waals surface area contributed by atoms with Crippen molar-refractivity contribution in [3.8, 4) is 11.3 Å². The first-order chi connectivity index (χ1) is 9.57. The zero-order valence-electron chi connectivity index (χ0n) is 11.4. The number of carbonyl (C=O) groups excluding carboxylic acids is 1. The van der Waals surface area contributed by atoms with Crippen molar-refractivity contribution in [2.45, 2.75) is 13.5 Å². The molecule has 0 aliphatic heterocycles. The van der Waals surface area contributed by atoms with Crippen LogP contribution in [-0.2, 0) is 11.3 Å². The maximum Gasteiger partial charge on any atom is 0.252 e. The number of nitrogens with zero attached hydrogens (tertiary/aromatic N) is 2. The van der Waals surface area contributed by atoms with Crippen LogP contribution in [0.2, 0.25) is 5.02 Å². The summed E-state index contributed by atoms with van der Waals surface area (Å²) in [4.78, 5) is 15.7. The predicted molar refractivity (Wildman–Crippen MR) is 77.8 cm³/mol. The van der Waals surface area contributed by atoms with Gasteiger partial charge in [0.1, 0.15) is 0 Å². The van der Waals surface area contributed by atoms with E-state index in [0.29, 0.717) is 23.7 Å². The van der Waals surface area contributed by atoms with E-state index in [1.54, 1.807) is 19.5 Å². The largest absolute Gasteiger partial charge is 0.383 e. The van der Waals surface area contributed by atoms with Crippen LogP contribution in [0.1, 0.15) is 16.1 Å². The van der Waals surface area contributed by atoms with Gasteiger partial charge in [0.15, 0.2) is 0 Å². The van der Waals surface area contributed by atoms with Crippen molar-refractivity contribution >= 4 is 17.5 Å². The standard InChI is InChI=1S/C14H16ClN3O2/c1-9-11(14(16)19)12(15)13(18(9)6-7-20-2)10-4-3-5-17-8-10/h3-5,8H,6-7H2,1-2H3,(H2,16,19). The van der Waals surface area contributed by atoms with Crippen molar-refractivity contribution in [2.24, 2.45) is 5.73 Å². The molecule has 0 atom stereocenters. The summed E-state index contributed by atoms with van der Waals surface area (Å²) in [6.07, 6.45) is 3.39. The number of primary amides is 1. The highest BCUT2D eigenvalue weighted by molar-refractivity contribution is 6.36. The molecule has 0 fully saturated rings. The Balaban J connectivity index is 2.64. The molecular formula is C14H16ClN3O2. The predicted octanol–water partition coefficient (Wildman–Crippen LogP) is 2.26. The van der Waals surface area contributed by atoms with Crippen LogP contribution in [0.5, 0.6) is 0 Å². The van der Waals surface area contributed by atoms with Gasteiger partial charge in [0.25, 0.3) is 5.91 Å². The number of hydrogen-bond acceptors (Lipinski definition) is 3. The molecule has 2 rings (SSSR count). The summed E-state index contributed by atoms with van der Waals surface area (Å²) in [7, 11) is 1.62. The fourth-order valence-electron chi connectivity index (χ4n) is 2.23. The van der Waals surface area contributed by atoms with Crippen LogP contribution in [0.25, 0.3) is 11.3 Å². The van der Waals surface area contributed by atoms with E-state index in [2.05, 4.69) is 4.98 Å². The van der Waals surface area contributed by atoms with Crippen LogP contribution >= 0.6 is 11.6 Å². The number of carbonyl (C=O) groups is 1. The van der Waals surface area contributed by atoms with E-state index in [1.165, 1.54) is 0 Å². The molecule has 5 nitrogen and oxygen atoms in total. The summed E-state index contributed by atoms with van der Waals surface area (Å²) in [6.45, 7) is 2.92. The van der Waals surface area contributed by atoms with Gasteiger partial charge in [0.05, 0.1) is 22.9 Å². The summed E-state index contributed by atoms with van der Waals surface area (Å²) in [5.74, 6) is -0.534. The zero-order chi connectivity index (χ0) is 14.7. The highest BCUT2D eigenvalue weighted by Crippen LogP contribution is 2.35. The van der Waals surface area contributed by atoms with Gasteiger partial charge in [-0.25, -0.2) is 0 Å². The van der Waals surface area contributed by atoms with Gasteiger partial charge in [-0.3, -0.25) is 9.78 Å². The van der Waals surface area contributed by atoms with Crippen LogP contribution in [0, 0.1) is 6.92 Å². The summed E-state index contributed by atoms with van der Waals surface area (Å²) in [5.41, 5.74) is 8.08. The Morgan fingerprint density at radius 3 is 2.85 bits per heavy atom. The van der Waals surface area contributed by atoms with E-state index in [4.69, 9.17) is 22.1 Å². The van der Waals surface area contributed by atoms with Crippen molar-refractivity contribution in [3.05, 3.63) is 40.8 Å². The molecule has 0 aromatic carbocycles. The Kier molecular flexibility index (Phi) is 4.42. The number of amides is 1. The zero-order valence-corrected chi connectivity index (χ0v) is 12.1. The van der Waals surface area contributed by atoms with Crippen molar-refractivity contribution in [1.82, 2.24) is 9.55 Å². The molecular weight excluding hydrogens is 278 g/mol. The fourth-order valence-corrected chi connectivity index (χ4v) is 2.67. The molecule has 2 aromatic heterocycles. The normalized spacial score (nSPS) is 10.8. The van der Waals surface area contributed by atoms with Gasteiger partial charge in [0, 0.05) is 37.3 Å². The topological polar surface area (TPSA) is 70.1 Å². The molecule has 1 amide bonds. The minimum absolute atomic E-state index is 0.349. The van der Waals surface area contributed by atoms with Crippen molar-refractivity contribution in [1.29, 1.82) is 0 Å². The van der Waals surface area contributed by atoms with Crippen LogP contribution in [0.15, 0.2) is 24.5 Å². The molecule has 2 aromatic rings.